The molecule has 0 radical (unpaired) electrons. The van der Waals surface area contributed by atoms with Crippen molar-refractivity contribution < 1.29 is 5.11 Å². The number of rotatable bonds is 6. The maximum Gasteiger partial charge on any atom is 0.136 e. The van der Waals surface area contributed by atoms with Crippen molar-refractivity contribution in [3.63, 3.8) is 0 Å². The molecule has 1 aliphatic carbocycles. The van der Waals surface area contributed by atoms with Crippen molar-refractivity contribution in [1.29, 1.82) is 0 Å². The standard InChI is InChI=1S/C18H27N3O/c1-15-5-6-17-20-12-16(21(17)13-15)11-19-14-18(9-10-22)7-3-2-4-8-18/h5-6,12-13,19,22H,2-4,7-11,14H2,1H3. The van der Waals surface area contributed by atoms with Crippen molar-refractivity contribution in [1.82, 2.24) is 14.7 Å². The molecule has 120 valence electrons. The molecule has 4 nitrogen and oxygen atoms in total. The van der Waals surface area contributed by atoms with Gasteiger partial charge in [-0.3, -0.25) is 0 Å². The minimum atomic E-state index is 0.295. The van der Waals surface area contributed by atoms with Crippen LogP contribution in [0.3, 0.4) is 0 Å². The van der Waals surface area contributed by atoms with Crippen LogP contribution in [0.15, 0.2) is 24.5 Å². The molecule has 0 aliphatic heterocycles. The topological polar surface area (TPSA) is 49.6 Å². The molecule has 3 rings (SSSR count). The SMILES string of the molecule is Cc1ccc2ncc(CNCC3(CCO)CCCCC3)n2c1. The van der Waals surface area contributed by atoms with Gasteiger partial charge < -0.3 is 14.8 Å². The van der Waals surface area contributed by atoms with Gasteiger partial charge in [-0.2, -0.15) is 0 Å². The molecule has 4 heteroatoms. The summed E-state index contributed by atoms with van der Waals surface area (Å²) in [6.07, 6.45) is 11.5. The molecule has 22 heavy (non-hydrogen) atoms. The quantitative estimate of drug-likeness (QED) is 0.862. The average Bonchev–Trinajstić information content (AvgIpc) is 2.91. The van der Waals surface area contributed by atoms with E-state index in [1.165, 1.54) is 43.4 Å². The van der Waals surface area contributed by atoms with Crippen molar-refractivity contribution in [3.05, 3.63) is 35.8 Å². The van der Waals surface area contributed by atoms with Crippen LogP contribution in [-0.2, 0) is 6.54 Å². The van der Waals surface area contributed by atoms with Gasteiger partial charge in [-0.15, -0.1) is 0 Å². The predicted molar refractivity (Wildman–Crippen MR) is 88.9 cm³/mol. The monoisotopic (exact) mass is 301 g/mol. The fourth-order valence-electron chi connectivity index (χ4n) is 3.78. The van der Waals surface area contributed by atoms with Crippen LogP contribution in [-0.4, -0.2) is 27.6 Å². The summed E-state index contributed by atoms with van der Waals surface area (Å²) in [5, 5.41) is 13.0. The molecule has 1 saturated carbocycles. The second-order valence-corrected chi connectivity index (χ2v) is 6.82. The van der Waals surface area contributed by atoms with Gasteiger partial charge in [-0.05, 0) is 43.2 Å². The summed E-state index contributed by atoms with van der Waals surface area (Å²) in [4.78, 5) is 4.46. The van der Waals surface area contributed by atoms with E-state index in [1.54, 1.807) is 0 Å². The van der Waals surface area contributed by atoms with Crippen molar-refractivity contribution in [2.45, 2.75) is 52.0 Å². The Morgan fingerprint density at radius 3 is 2.86 bits per heavy atom. The van der Waals surface area contributed by atoms with Gasteiger partial charge in [0.2, 0.25) is 0 Å². The van der Waals surface area contributed by atoms with Crippen molar-refractivity contribution in [2.75, 3.05) is 13.2 Å². The zero-order valence-electron chi connectivity index (χ0n) is 13.5. The molecular formula is C18H27N3O. The first kappa shape index (κ1) is 15.5. The van der Waals surface area contributed by atoms with Gasteiger partial charge in [0.1, 0.15) is 5.65 Å². The Bertz CT molecular complexity index is 608. The number of aryl methyl sites for hydroxylation is 1. The number of nitrogens with one attached hydrogen (secondary N) is 1. The molecule has 0 bridgehead atoms. The molecule has 1 fully saturated rings. The summed E-state index contributed by atoms with van der Waals surface area (Å²) in [6.45, 7) is 4.23. The van der Waals surface area contributed by atoms with E-state index in [4.69, 9.17) is 0 Å². The number of nitrogens with zero attached hydrogens (tertiary/aromatic N) is 2. The van der Waals surface area contributed by atoms with Gasteiger partial charge >= 0.3 is 0 Å². The highest BCUT2D eigenvalue weighted by atomic mass is 16.3. The third-order valence-electron chi connectivity index (χ3n) is 5.09. The maximum absolute atomic E-state index is 9.40. The van der Waals surface area contributed by atoms with Crippen LogP contribution < -0.4 is 5.32 Å². The molecule has 0 amide bonds. The van der Waals surface area contributed by atoms with E-state index in [2.05, 4.69) is 40.0 Å². The molecule has 0 unspecified atom stereocenters. The van der Waals surface area contributed by atoms with Gasteiger partial charge in [-0.1, -0.05) is 25.3 Å². The number of pyridine rings is 1. The smallest absolute Gasteiger partial charge is 0.136 e. The van der Waals surface area contributed by atoms with Crippen molar-refractivity contribution in [2.24, 2.45) is 5.41 Å². The summed E-state index contributed by atoms with van der Waals surface area (Å²) in [5.41, 5.74) is 3.75. The highest BCUT2D eigenvalue weighted by Gasteiger charge is 2.30. The van der Waals surface area contributed by atoms with E-state index in [0.717, 1.165) is 25.2 Å². The van der Waals surface area contributed by atoms with E-state index in [9.17, 15) is 5.11 Å². The summed E-state index contributed by atoms with van der Waals surface area (Å²) in [6, 6.07) is 4.16. The summed E-state index contributed by atoms with van der Waals surface area (Å²) in [5.74, 6) is 0. The number of hydrogen-bond acceptors (Lipinski definition) is 3. The molecule has 0 atom stereocenters. The van der Waals surface area contributed by atoms with E-state index in [1.807, 2.05) is 6.20 Å². The Morgan fingerprint density at radius 2 is 2.09 bits per heavy atom. The third-order valence-corrected chi connectivity index (χ3v) is 5.09. The molecule has 2 aromatic rings. The van der Waals surface area contributed by atoms with E-state index in [0.29, 0.717) is 12.0 Å². The van der Waals surface area contributed by atoms with E-state index >= 15 is 0 Å². The van der Waals surface area contributed by atoms with E-state index < -0.39 is 0 Å². The highest BCUT2D eigenvalue weighted by molar-refractivity contribution is 5.41. The lowest BCUT2D eigenvalue weighted by Gasteiger charge is -2.37. The zero-order chi connectivity index (χ0) is 15.4. The number of imidazole rings is 1. The molecule has 1 aliphatic rings. The maximum atomic E-state index is 9.40. The number of hydrogen-bond donors (Lipinski definition) is 2. The number of aliphatic hydroxyl groups excluding tert-OH is 1. The van der Waals surface area contributed by atoms with Crippen LogP contribution in [0.5, 0.6) is 0 Å². The Kier molecular flexibility index (Phi) is 4.79. The normalized spacial score (nSPS) is 17.9. The van der Waals surface area contributed by atoms with Crippen LogP contribution in [0.1, 0.15) is 49.8 Å². The number of aromatic nitrogens is 2. The highest BCUT2D eigenvalue weighted by Crippen LogP contribution is 2.38. The van der Waals surface area contributed by atoms with Crippen LogP contribution >= 0.6 is 0 Å². The molecule has 2 heterocycles. The molecule has 0 spiro atoms. The lowest BCUT2D eigenvalue weighted by Crippen LogP contribution is -2.36. The first-order chi connectivity index (χ1) is 10.7. The first-order valence-corrected chi connectivity index (χ1v) is 8.47. The molecule has 0 saturated heterocycles. The minimum absolute atomic E-state index is 0.295. The molecule has 2 aromatic heterocycles. The lowest BCUT2D eigenvalue weighted by molar-refractivity contribution is 0.126. The van der Waals surface area contributed by atoms with Crippen molar-refractivity contribution in [3.8, 4) is 0 Å². The van der Waals surface area contributed by atoms with E-state index in [-0.39, 0.29) is 0 Å². The molecule has 2 N–H and O–H groups in total. The minimum Gasteiger partial charge on any atom is -0.396 e. The number of aliphatic hydroxyl groups is 1. The van der Waals surface area contributed by atoms with Gasteiger partial charge in [-0.25, -0.2) is 4.98 Å². The lowest BCUT2D eigenvalue weighted by atomic mass is 9.72. The predicted octanol–water partition coefficient (Wildman–Crippen LogP) is 3.07. The zero-order valence-corrected chi connectivity index (χ0v) is 13.5. The Morgan fingerprint density at radius 1 is 1.27 bits per heavy atom. The van der Waals surface area contributed by atoms with Crippen LogP contribution in [0.25, 0.3) is 5.65 Å². The molecular weight excluding hydrogens is 274 g/mol. The van der Waals surface area contributed by atoms with Crippen LogP contribution in [0.2, 0.25) is 0 Å². The van der Waals surface area contributed by atoms with Gasteiger partial charge in [0.25, 0.3) is 0 Å². The van der Waals surface area contributed by atoms with Crippen LogP contribution in [0, 0.1) is 12.3 Å². The summed E-state index contributed by atoms with van der Waals surface area (Å²) < 4.78 is 2.17. The third kappa shape index (κ3) is 3.33. The van der Waals surface area contributed by atoms with Gasteiger partial charge in [0.05, 0.1) is 11.9 Å². The average molecular weight is 301 g/mol. The summed E-state index contributed by atoms with van der Waals surface area (Å²) in [7, 11) is 0. The van der Waals surface area contributed by atoms with Gasteiger partial charge in [0, 0.05) is 25.9 Å². The Balaban J connectivity index is 1.64. The first-order valence-electron chi connectivity index (χ1n) is 8.47. The fraction of sp³-hybridized carbons (Fsp3) is 0.611. The second kappa shape index (κ2) is 6.80. The van der Waals surface area contributed by atoms with Crippen molar-refractivity contribution >= 4 is 5.65 Å². The molecule has 0 aromatic carbocycles. The second-order valence-electron chi connectivity index (χ2n) is 6.82. The Hall–Kier alpha value is -1.39. The Labute approximate surface area is 132 Å². The largest absolute Gasteiger partial charge is 0.396 e. The summed E-state index contributed by atoms with van der Waals surface area (Å²) >= 11 is 0. The number of fused-ring (bicyclic) bond motifs is 1. The fourth-order valence-corrected chi connectivity index (χ4v) is 3.78. The van der Waals surface area contributed by atoms with Crippen LogP contribution in [0.4, 0.5) is 0 Å². The van der Waals surface area contributed by atoms with Gasteiger partial charge in [0.15, 0.2) is 0 Å².